The number of carbonyl (C=O) groups is 2. The average Bonchev–Trinajstić information content (AvgIpc) is 2.63. The molecule has 0 aliphatic heterocycles. The Kier molecular flexibility index (Phi) is 6.78. The molecule has 2 amide bonds. The zero-order chi connectivity index (χ0) is 21.8. The molecule has 0 aliphatic rings. The SMILES string of the molecule is CC(C)[C@H](NC(=O)c1c(F)cccc1F)C(=O)NNc1ccccc1C(F)(F)F. The predicted molar refractivity (Wildman–Crippen MR) is 95.7 cm³/mol. The number of rotatable bonds is 6. The van der Waals surface area contributed by atoms with E-state index in [1.807, 2.05) is 0 Å². The molecule has 2 aromatic rings. The molecule has 0 aromatic heterocycles. The second kappa shape index (κ2) is 8.89. The van der Waals surface area contributed by atoms with Crippen LogP contribution >= 0.6 is 0 Å². The fourth-order valence-electron chi connectivity index (χ4n) is 2.51. The standard InChI is InChI=1S/C19H18F5N3O2/c1-10(2)16(25-17(28)15-12(20)7-5-8-13(15)21)18(29)27-26-14-9-4-3-6-11(14)19(22,23)24/h3-10,16,26H,1-2H3,(H,25,28)(H,27,29)/t16-/m0/s1. The number of benzene rings is 2. The smallest absolute Gasteiger partial charge is 0.340 e. The first-order valence-electron chi connectivity index (χ1n) is 8.49. The van der Waals surface area contributed by atoms with Crippen LogP contribution in [0.4, 0.5) is 27.6 Å². The Balaban J connectivity index is 2.14. The monoisotopic (exact) mass is 415 g/mol. The quantitative estimate of drug-likeness (QED) is 0.495. The molecule has 0 heterocycles. The van der Waals surface area contributed by atoms with E-state index in [0.29, 0.717) is 0 Å². The Morgan fingerprint density at radius 3 is 2.07 bits per heavy atom. The van der Waals surface area contributed by atoms with E-state index in [9.17, 15) is 31.5 Å². The van der Waals surface area contributed by atoms with Gasteiger partial charge in [0.05, 0.1) is 11.3 Å². The molecule has 0 aliphatic carbocycles. The summed E-state index contributed by atoms with van der Waals surface area (Å²) in [6.45, 7) is 3.10. The molecule has 29 heavy (non-hydrogen) atoms. The van der Waals surface area contributed by atoms with Gasteiger partial charge in [-0.1, -0.05) is 32.0 Å². The van der Waals surface area contributed by atoms with Crippen LogP contribution in [0.25, 0.3) is 0 Å². The minimum atomic E-state index is -4.65. The van der Waals surface area contributed by atoms with Crippen molar-refractivity contribution in [3.8, 4) is 0 Å². The number of hydrazine groups is 1. The normalized spacial score (nSPS) is 12.4. The Bertz CT molecular complexity index is 879. The maximum absolute atomic E-state index is 13.8. The van der Waals surface area contributed by atoms with E-state index in [0.717, 1.165) is 30.3 Å². The van der Waals surface area contributed by atoms with Gasteiger partial charge in [0.1, 0.15) is 23.2 Å². The number of alkyl halides is 3. The molecule has 5 nitrogen and oxygen atoms in total. The zero-order valence-electron chi connectivity index (χ0n) is 15.4. The molecule has 0 saturated carbocycles. The van der Waals surface area contributed by atoms with Gasteiger partial charge in [0, 0.05) is 0 Å². The van der Waals surface area contributed by atoms with Crippen molar-refractivity contribution in [1.82, 2.24) is 10.7 Å². The molecule has 0 fully saturated rings. The number of hydrogen-bond donors (Lipinski definition) is 3. The summed E-state index contributed by atoms with van der Waals surface area (Å²) in [7, 11) is 0. The van der Waals surface area contributed by atoms with Crippen molar-refractivity contribution in [2.75, 3.05) is 5.43 Å². The fourth-order valence-corrected chi connectivity index (χ4v) is 2.51. The van der Waals surface area contributed by atoms with Crippen LogP contribution in [0.15, 0.2) is 42.5 Å². The van der Waals surface area contributed by atoms with E-state index in [-0.39, 0.29) is 0 Å². The maximum Gasteiger partial charge on any atom is 0.418 e. The number of carbonyl (C=O) groups excluding carboxylic acids is 2. The van der Waals surface area contributed by atoms with Crippen LogP contribution in [0.2, 0.25) is 0 Å². The largest absolute Gasteiger partial charge is 0.418 e. The molecule has 2 aromatic carbocycles. The summed E-state index contributed by atoms with van der Waals surface area (Å²) >= 11 is 0. The molecular weight excluding hydrogens is 397 g/mol. The highest BCUT2D eigenvalue weighted by atomic mass is 19.4. The molecule has 10 heteroatoms. The summed E-state index contributed by atoms with van der Waals surface area (Å²) < 4.78 is 66.6. The average molecular weight is 415 g/mol. The van der Waals surface area contributed by atoms with Crippen molar-refractivity contribution < 1.29 is 31.5 Å². The Hall–Kier alpha value is -3.17. The predicted octanol–water partition coefficient (Wildman–Crippen LogP) is 3.88. The summed E-state index contributed by atoms with van der Waals surface area (Å²) in [5.74, 6) is -4.80. The van der Waals surface area contributed by atoms with Gasteiger partial charge in [-0.3, -0.25) is 20.4 Å². The van der Waals surface area contributed by atoms with E-state index in [2.05, 4.69) is 16.2 Å². The van der Waals surface area contributed by atoms with Gasteiger partial charge in [0.15, 0.2) is 0 Å². The first kappa shape index (κ1) is 22.1. The lowest BCUT2D eigenvalue weighted by Crippen LogP contribution is -2.51. The molecule has 0 bridgehead atoms. The summed E-state index contributed by atoms with van der Waals surface area (Å²) in [5, 5.41) is 2.20. The Morgan fingerprint density at radius 1 is 0.931 bits per heavy atom. The topological polar surface area (TPSA) is 70.2 Å². The van der Waals surface area contributed by atoms with Crippen LogP contribution < -0.4 is 16.2 Å². The third kappa shape index (κ3) is 5.43. The summed E-state index contributed by atoms with van der Waals surface area (Å²) in [6.07, 6.45) is -4.65. The molecular formula is C19H18F5N3O2. The lowest BCUT2D eigenvalue weighted by atomic mass is 10.0. The molecule has 0 unspecified atom stereocenters. The minimum Gasteiger partial charge on any atom is -0.340 e. The first-order valence-corrected chi connectivity index (χ1v) is 8.49. The fraction of sp³-hybridized carbons (Fsp3) is 0.263. The van der Waals surface area contributed by atoms with Crippen LogP contribution in [0.3, 0.4) is 0 Å². The van der Waals surface area contributed by atoms with Gasteiger partial charge in [-0.25, -0.2) is 8.78 Å². The van der Waals surface area contributed by atoms with Gasteiger partial charge in [-0.2, -0.15) is 13.2 Å². The number of hydrogen-bond acceptors (Lipinski definition) is 3. The Morgan fingerprint density at radius 2 is 1.52 bits per heavy atom. The van der Waals surface area contributed by atoms with Gasteiger partial charge in [-0.15, -0.1) is 0 Å². The maximum atomic E-state index is 13.8. The van der Waals surface area contributed by atoms with E-state index in [1.54, 1.807) is 13.8 Å². The van der Waals surface area contributed by atoms with Gasteiger partial charge in [-0.05, 0) is 30.2 Å². The van der Waals surface area contributed by atoms with Crippen LogP contribution in [-0.2, 0) is 11.0 Å². The third-order valence-corrected chi connectivity index (χ3v) is 3.98. The van der Waals surface area contributed by atoms with Crippen LogP contribution in [-0.4, -0.2) is 17.9 Å². The molecule has 156 valence electrons. The zero-order valence-corrected chi connectivity index (χ0v) is 15.4. The summed E-state index contributed by atoms with van der Waals surface area (Å²) in [6, 6.07) is 6.05. The van der Waals surface area contributed by atoms with Crippen molar-refractivity contribution in [1.29, 1.82) is 0 Å². The van der Waals surface area contributed by atoms with Crippen molar-refractivity contribution >= 4 is 17.5 Å². The van der Waals surface area contributed by atoms with Crippen LogP contribution in [0, 0.1) is 17.6 Å². The van der Waals surface area contributed by atoms with E-state index in [4.69, 9.17) is 0 Å². The van der Waals surface area contributed by atoms with Gasteiger partial charge in [0.25, 0.3) is 11.8 Å². The third-order valence-electron chi connectivity index (χ3n) is 3.98. The second-order valence-electron chi connectivity index (χ2n) is 6.45. The van der Waals surface area contributed by atoms with Crippen molar-refractivity contribution in [3.05, 3.63) is 65.2 Å². The number of halogens is 5. The number of anilines is 1. The molecule has 0 radical (unpaired) electrons. The highest BCUT2D eigenvalue weighted by molar-refractivity contribution is 5.98. The van der Waals surface area contributed by atoms with Crippen molar-refractivity contribution in [2.45, 2.75) is 26.1 Å². The Labute approximate surface area is 163 Å². The first-order chi connectivity index (χ1) is 13.5. The van der Waals surface area contributed by atoms with Gasteiger partial charge in [0.2, 0.25) is 0 Å². The number of para-hydroxylation sites is 1. The molecule has 2 rings (SSSR count). The van der Waals surface area contributed by atoms with Gasteiger partial charge < -0.3 is 5.32 Å². The van der Waals surface area contributed by atoms with Crippen molar-refractivity contribution in [3.63, 3.8) is 0 Å². The molecule has 1 atom stereocenters. The van der Waals surface area contributed by atoms with Crippen LogP contribution in [0.1, 0.15) is 29.8 Å². The van der Waals surface area contributed by atoms with E-state index in [1.165, 1.54) is 12.1 Å². The summed E-state index contributed by atoms with van der Waals surface area (Å²) in [4.78, 5) is 24.6. The van der Waals surface area contributed by atoms with E-state index < -0.39 is 58.4 Å². The highest BCUT2D eigenvalue weighted by Crippen LogP contribution is 2.34. The molecule has 0 saturated heterocycles. The van der Waals surface area contributed by atoms with Crippen LogP contribution in [0.5, 0.6) is 0 Å². The lowest BCUT2D eigenvalue weighted by Gasteiger charge is -2.23. The van der Waals surface area contributed by atoms with E-state index >= 15 is 0 Å². The highest BCUT2D eigenvalue weighted by Gasteiger charge is 2.33. The molecule has 3 N–H and O–H groups in total. The lowest BCUT2D eigenvalue weighted by molar-refractivity contribution is -0.137. The molecule has 0 spiro atoms. The minimum absolute atomic E-state index is 0.401. The number of nitrogens with one attached hydrogen (secondary N) is 3. The van der Waals surface area contributed by atoms with Gasteiger partial charge >= 0.3 is 6.18 Å². The van der Waals surface area contributed by atoms with Crippen molar-refractivity contribution in [2.24, 2.45) is 5.92 Å². The number of amides is 2. The second-order valence-corrected chi connectivity index (χ2v) is 6.45. The summed E-state index contributed by atoms with van der Waals surface area (Å²) in [5.41, 5.74) is 2.00.